The van der Waals surface area contributed by atoms with Gasteiger partial charge >= 0.3 is 6.18 Å². The lowest BCUT2D eigenvalue weighted by molar-refractivity contribution is -0.137. The maximum atomic E-state index is 15.3. The summed E-state index contributed by atoms with van der Waals surface area (Å²) in [5.41, 5.74) is 4.77. The number of alkyl halides is 3. The molecule has 198 valence electrons. The average molecular weight is 544 g/mol. The number of halogens is 6. The van der Waals surface area contributed by atoms with E-state index >= 15 is 4.39 Å². The topological polar surface area (TPSA) is 97.4 Å². The number of ether oxygens (including phenoxy) is 2. The van der Waals surface area contributed by atoms with E-state index in [9.17, 15) is 22.4 Å². The number of nitrogens with one attached hydrogen (secondary N) is 2. The smallest absolute Gasteiger partial charge is 0.416 e. The van der Waals surface area contributed by atoms with Gasteiger partial charge in [-0.2, -0.15) is 13.2 Å². The highest BCUT2D eigenvalue weighted by atomic mass is 35.5. The predicted molar refractivity (Wildman–Crippen MR) is 129 cm³/mol. The number of nitrogen functional groups attached to an aromatic ring is 1. The van der Waals surface area contributed by atoms with E-state index in [0.717, 1.165) is 24.3 Å². The molecular formula is C25H23ClF5N3O3. The fourth-order valence-corrected chi connectivity index (χ4v) is 3.27. The van der Waals surface area contributed by atoms with Crippen LogP contribution in [0.5, 0.6) is 11.5 Å². The van der Waals surface area contributed by atoms with E-state index in [1.165, 1.54) is 13.0 Å². The second-order valence-corrected chi connectivity index (χ2v) is 7.56. The van der Waals surface area contributed by atoms with Gasteiger partial charge in [0, 0.05) is 18.7 Å². The first-order chi connectivity index (χ1) is 17.0. The molecule has 1 atom stereocenters. The Hall–Kier alpha value is -3.70. The van der Waals surface area contributed by atoms with Crippen molar-refractivity contribution in [1.82, 2.24) is 5.32 Å². The van der Waals surface area contributed by atoms with Crippen LogP contribution in [0.25, 0.3) is 0 Å². The molecule has 6 nitrogen and oxygen atoms in total. The Bertz CT molecular complexity index is 1250. The number of amides is 1. The third-order valence-corrected chi connectivity index (χ3v) is 5.05. The summed E-state index contributed by atoms with van der Waals surface area (Å²) in [5.74, 6) is -4.26. The van der Waals surface area contributed by atoms with Gasteiger partial charge in [-0.3, -0.25) is 10.2 Å². The fourth-order valence-electron chi connectivity index (χ4n) is 3.27. The van der Waals surface area contributed by atoms with Gasteiger partial charge in [-0.25, -0.2) is 8.78 Å². The molecule has 3 aromatic carbocycles. The van der Waals surface area contributed by atoms with Crippen molar-refractivity contribution in [2.45, 2.75) is 25.7 Å². The standard InChI is InChI=1S/C25H22F5N3O3.ClH/c1-2-35-22(24(34)33-13-14-6-8-15(9-7-14)23(31)32)20-18(26)10-11-19(21(20)27)36-17-5-3-4-16(12-17)25(28,29)30;/h3-12,22H,2,13H2,1H3,(H3,31,32)(H,33,34);1H/t22-;/m0./s1. The third-order valence-electron chi connectivity index (χ3n) is 5.05. The van der Waals surface area contributed by atoms with Crippen molar-refractivity contribution in [1.29, 1.82) is 5.41 Å². The summed E-state index contributed by atoms with van der Waals surface area (Å²) in [4.78, 5) is 12.8. The molecule has 37 heavy (non-hydrogen) atoms. The van der Waals surface area contributed by atoms with Crippen LogP contribution in [0.15, 0.2) is 60.7 Å². The second kappa shape index (κ2) is 12.5. The van der Waals surface area contributed by atoms with Gasteiger partial charge in [-0.1, -0.05) is 30.3 Å². The molecule has 3 aromatic rings. The van der Waals surface area contributed by atoms with Crippen LogP contribution in [0.4, 0.5) is 22.0 Å². The van der Waals surface area contributed by atoms with Crippen LogP contribution in [0, 0.1) is 17.0 Å². The molecule has 0 radical (unpaired) electrons. The van der Waals surface area contributed by atoms with E-state index < -0.39 is 46.7 Å². The summed E-state index contributed by atoms with van der Waals surface area (Å²) in [6.07, 6.45) is -6.34. The molecule has 12 heteroatoms. The highest BCUT2D eigenvalue weighted by Crippen LogP contribution is 2.35. The van der Waals surface area contributed by atoms with Crippen molar-refractivity contribution in [3.63, 3.8) is 0 Å². The Balaban J connectivity index is 0.00000481. The van der Waals surface area contributed by atoms with Gasteiger partial charge in [0.15, 0.2) is 17.7 Å². The van der Waals surface area contributed by atoms with Crippen LogP contribution in [0.2, 0.25) is 0 Å². The van der Waals surface area contributed by atoms with Crippen LogP contribution in [-0.2, 0) is 22.3 Å². The fraction of sp³-hybridized carbons (Fsp3) is 0.200. The van der Waals surface area contributed by atoms with Gasteiger partial charge in [0.2, 0.25) is 0 Å². The summed E-state index contributed by atoms with van der Waals surface area (Å²) in [6.45, 7) is 1.45. The SMILES string of the molecule is CCO[C@H](C(=O)NCc1ccc(C(=N)N)cc1)c1c(F)ccc(Oc2cccc(C(F)(F)F)c2)c1F.Cl. The molecule has 0 fully saturated rings. The molecule has 0 saturated heterocycles. The number of hydrogen-bond acceptors (Lipinski definition) is 4. The summed E-state index contributed by atoms with van der Waals surface area (Å²) in [7, 11) is 0. The molecule has 0 spiro atoms. The average Bonchev–Trinajstić information content (AvgIpc) is 2.83. The van der Waals surface area contributed by atoms with Gasteiger partial charge in [0.05, 0.1) is 11.1 Å². The normalized spacial score (nSPS) is 11.8. The highest BCUT2D eigenvalue weighted by molar-refractivity contribution is 5.94. The molecule has 1 amide bonds. The van der Waals surface area contributed by atoms with Crippen molar-refractivity contribution in [2.24, 2.45) is 5.73 Å². The van der Waals surface area contributed by atoms with Gasteiger partial charge < -0.3 is 20.5 Å². The lowest BCUT2D eigenvalue weighted by Gasteiger charge is -2.20. The number of hydrogen-bond donors (Lipinski definition) is 3. The van der Waals surface area contributed by atoms with Gasteiger partial charge in [-0.05, 0) is 42.8 Å². The van der Waals surface area contributed by atoms with Crippen molar-refractivity contribution >= 4 is 24.1 Å². The largest absolute Gasteiger partial charge is 0.454 e. The Labute approximate surface area is 215 Å². The first kappa shape index (κ1) is 29.5. The number of amidine groups is 1. The van der Waals surface area contributed by atoms with E-state index in [1.807, 2.05) is 0 Å². The van der Waals surface area contributed by atoms with E-state index in [1.54, 1.807) is 24.3 Å². The zero-order valence-electron chi connectivity index (χ0n) is 19.4. The van der Waals surface area contributed by atoms with Crippen molar-refractivity contribution in [2.75, 3.05) is 6.61 Å². The second-order valence-electron chi connectivity index (χ2n) is 7.56. The molecule has 0 aliphatic heterocycles. The number of nitrogens with two attached hydrogens (primary N) is 1. The Morgan fingerprint density at radius 3 is 2.35 bits per heavy atom. The minimum atomic E-state index is -4.64. The summed E-state index contributed by atoms with van der Waals surface area (Å²) < 4.78 is 79.5. The molecular weight excluding hydrogens is 521 g/mol. The van der Waals surface area contributed by atoms with Gasteiger partial charge in [-0.15, -0.1) is 12.4 Å². The molecule has 0 unspecified atom stereocenters. The molecule has 0 aliphatic carbocycles. The Kier molecular flexibility index (Phi) is 9.98. The minimum absolute atomic E-state index is 0. The van der Waals surface area contributed by atoms with E-state index in [4.69, 9.17) is 20.6 Å². The van der Waals surface area contributed by atoms with Gasteiger partial charge in [0.25, 0.3) is 5.91 Å². The van der Waals surface area contributed by atoms with Crippen molar-refractivity contribution in [3.05, 3.63) is 94.6 Å². The third kappa shape index (κ3) is 7.40. The van der Waals surface area contributed by atoms with E-state index in [0.29, 0.717) is 17.2 Å². The predicted octanol–water partition coefficient (Wildman–Crippen LogP) is 5.88. The lowest BCUT2D eigenvalue weighted by Crippen LogP contribution is -2.31. The first-order valence-corrected chi connectivity index (χ1v) is 10.7. The molecule has 3 rings (SSSR count). The number of carbonyl (C=O) groups excluding carboxylic acids is 1. The van der Waals surface area contributed by atoms with E-state index in [-0.39, 0.29) is 37.1 Å². The number of rotatable bonds is 9. The summed E-state index contributed by atoms with van der Waals surface area (Å²) in [5, 5.41) is 9.93. The number of benzene rings is 3. The Morgan fingerprint density at radius 1 is 1.08 bits per heavy atom. The molecule has 0 saturated carbocycles. The van der Waals surface area contributed by atoms with Crippen LogP contribution in [0.1, 0.15) is 35.3 Å². The van der Waals surface area contributed by atoms with Crippen LogP contribution in [-0.4, -0.2) is 18.3 Å². The zero-order valence-corrected chi connectivity index (χ0v) is 20.2. The molecule has 4 N–H and O–H groups in total. The zero-order chi connectivity index (χ0) is 26.5. The Morgan fingerprint density at radius 2 is 1.76 bits per heavy atom. The quantitative estimate of drug-likeness (QED) is 0.178. The van der Waals surface area contributed by atoms with Crippen molar-refractivity contribution in [3.8, 4) is 11.5 Å². The van der Waals surface area contributed by atoms with Crippen molar-refractivity contribution < 1.29 is 36.2 Å². The van der Waals surface area contributed by atoms with Crippen LogP contribution in [0.3, 0.4) is 0 Å². The van der Waals surface area contributed by atoms with Crippen LogP contribution < -0.4 is 15.8 Å². The molecule has 0 heterocycles. The first-order valence-electron chi connectivity index (χ1n) is 10.7. The molecule has 0 aromatic heterocycles. The van der Waals surface area contributed by atoms with E-state index in [2.05, 4.69) is 5.32 Å². The number of carbonyl (C=O) groups is 1. The lowest BCUT2D eigenvalue weighted by atomic mass is 10.1. The monoisotopic (exact) mass is 543 g/mol. The molecule has 0 aliphatic rings. The summed E-state index contributed by atoms with van der Waals surface area (Å²) >= 11 is 0. The maximum absolute atomic E-state index is 15.3. The van der Waals surface area contributed by atoms with Crippen LogP contribution >= 0.6 is 12.4 Å². The maximum Gasteiger partial charge on any atom is 0.416 e. The minimum Gasteiger partial charge on any atom is -0.454 e. The molecule has 0 bridgehead atoms. The van der Waals surface area contributed by atoms with Gasteiger partial charge in [0.1, 0.15) is 17.4 Å². The summed E-state index contributed by atoms with van der Waals surface area (Å²) in [6, 6.07) is 11.9. The highest BCUT2D eigenvalue weighted by Gasteiger charge is 2.32.